The summed E-state index contributed by atoms with van der Waals surface area (Å²) in [5, 5.41) is 29.2. The topological polar surface area (TPSA) is 126 Å². The van der Waals surface area contributed by atoms with Crippen LogP contribution in [0.2, 0.25) is 0 Å². The molecule has 0 aliphatic carbocycles. The van der Waals surface area contributed by atoms with Gasteiger partial charge in [-0.3, -0.25) is 4.98 Å². The number of carboxylic acid groups (broad SMARTS) is 1. The Morgan fingerprint density at radius 1 is 1.09 bits per heavy atom. The monoisotopic (exact) mass is 456 g/mol. The maximum absolute atomic E-state index is 11.1. The van der Waals surface area contributed by atoms with Crippen LogP contribution < -0.4 is 4.74 Å². The van der Waals surface area contributed by atoms with Crippen LogP contribution in [0.1, 0.15) is 28.8 Å². The van der Waals surface area contributed by atoms with E-state index < -0.39 is 5.97 Å². The van der Waals surface area contributed by atoms with Crippen molar-refractivity contribution in [2.75, 3.05) is 13.2 Å². The molecule has 1 saturated heterocycles. The minimum Gasteiger partial charge on any atom is -0.507 e. The predicted molar refractivity (Wildman–Crippen MR) is 123 cm³/mol. The number of hydrogen-bond acceptors (Lipinski definition) is 7. The van der Waals surface area contributed by atoms with Gasteiger partial charge in [0.05, 0.1) is 29.9 Å². The number of carboxylic acids is 1. The van der Waals surface area contributed by atoms with E-state index in [1.165, 1.54) is 18.2 Å². The lowest BCUT2D eigenvalue weighted by Crippen LogP contribution is -2.26. The largest absolute Gasteiger partial charge is 0.507 e. The van der Waals surface area contributed by atoms with Crippen molar-refractivity contribution < 1.29 is 28.9 Å². The number of phenols is 1. The molecule has 0 unspecified atom stereocenters. The first kappa shape index (κ1) is 21.5. The molecule has 0 spiro atoms. The zero-order valence-electron chi connectivity index (χ0n) is 18.0. The van der Waals surface area contributed by atoms with Crippen molar-refractivity contribution in [2.24, 2.45) is 0 Å². The summed E-state index contributed by atoms with van der Waals surface area (Å²) < 4.78 is 17.5. The number of aromatic carboxylic acids is 1. The van der Waals surface area contributed by atoms with E-state index in [2.05, 4.69) is 11.1 Å². The van der Waals surface area contributed by atoms with Gasteiger partial charge in [0.15, 0.2) is 5.58 Å². The zero-order valence-corrected chi connectivity index (χ0v) is 18.0. The van der Waals surface area contributed by atoms with E-state index >= 15 is 0 Å². The van der Waals surface area contributed by atoms with Gasteiger partial charge in [-0.05, 0) is 42.0 Å². The van der Waals surface area contributed by atoms with E-state index in [1.54, 1.807) is 30.5 Å². The van der Waals surface area contributed by atoms with Gasteiger partial charge >= 0.3 is 5.97 Å². The Kier molecular flexibility index (Phi) is 5.62. The van der Waals surface area contributed by atoms with Gasteiger partial charge in [-0.2, -0.15) is 5.26 Å². The standard InChI is InChI=1S/C26H20N2O6/c27-14-17-11-15(2-4-23(17)33-18-6-9-32-10-7-18)19-5-8-28-21-13-24(34-25(19)21)20-3-1-16(26(30)31)12-22(20)29/h1-5,8,11-13,18,29H,6-7,9-10H2,(H,30,31). The summed E-state index contributed by atoms with van der Waals surface area (Å²) in [5.41, 5.74) is 3.29. The van der Waals surface area contributed by atoms with Crippen molar-refractivity contribution in [1.29, 1.82) is 5.26 Å². The molecule has 8 nitrogen and oxygen atoms in total. The van der Waals surface area contributed by atoms with E-state index in [4.69, 9.17) is 19.0 Å². The van der Waals surface area contributed by atoms with Crippen molar-refractivity contribution in [3.8, 4) is 40.0 Å². The molecule has 0 bridgehead atoms. The van der Waals surface area contributed by atoms with Gasteiger partial charge in [0, 0.05) is 30.7 Å². The van der Waals surface area contributed by atoms with Crippen LogP contribution in [0.15, 0.2) is 59.1 Å². The molecule has 2 N–H and O–H groups in total. The number of fused-ring (bicyclic) bond motifs is 1. The quantitative estimate of drug-likeness (QED) is 0.430. The lowest BCUT2D eigenvalue weighted by molar-refractivity contribution is 0.0254. The number of benzene rings is 2. The molecule has 1 aliphatic heterocycles. The van der Waals surface area contributed by atoms with E-state index in [-0.39, 0.29) is 17.4 Å². The summed E-state index contributed by atoms with van der Waals surface area (Å²) in [6.45, 7) is 1.30. The van der Waals surface area contributed by atoms with Crippen LogP contribution in [0.25, 0.3) is 33.6 Å². The Morgan fingerprint density at radius 2 is 1.91 bits per heavy atom. The van der Waals surface area contributed by atoms with Crippen molar-refractivity contribution in [2.45, 2.75) is 18.9 Å². The summed E-state index contributed by atoms with van der Waals surface area (Å²) in [4.78, 5) is 15.5. The van der Waals surface area contributed by atoms with Crippen LogP contribution in [-0.2, 0) is 4.74 Å². The number of phenolic OH excluding ortho intramolecular Hbond substituents is 1. The van der Waals surface area contributed by atoms with Gasteiger partial charge in [0.25, 0.3) is 0 Å². The third-order valence-electron chi connectivity index (χ3n) is 5.80. The first-order chi connectivity index (χ1) is 16.5. The maximum atomic E-state index is 11.1. The number of pyridine rings is 1. The fourth-order valence-electron chi connectivity index (χ4n) is 4.03. The number of furan rings is 1. The normalized spacial score (nSPS) is 14.1. The second-order valence-corrected chi connectivity index (χ2v) is 7.97. The number of nitriles is 1. The summed E-state index contributed by atoms with van der Waals surface area (Å²) in [6.07, 6.45) is 3.23. The number of hydrogen-bond donors (Lipinski definition) is 2. The average molecular weight is 456 g/mol. The molecular weight excluding hydrogens is 436 g/mol. The third-order valence-corrected chi connectivity index (χ3v) is 5.80. The molecular formula is C26H20N2O6. The number of aromatic nitrogens is 1. The highest BCUT2D eigenvalue weighted by molar-refractivity contribution is 5.94. The summed E-state index contributed by atoms with van der Waals surface area (Å²) >= 11 is 0. The highest BCUT2D eigenvalue weighted by Gasteiger charge is 2.19. The number of aromatic hydroxyl groups is 1. The molecule has 34 heavy (non-hydrogen) atoms. The zero-order chi connectivity index (χ0) is 23.7. The van der Waals surface area contributed by atoms with Crippen LogP contribution >= 0.6 is 0 Å². The predicted octanol–water partition coefficient (Wildman–Crippen LogP) is 5.00. The highest BCUT2D eigenvalue weighted by atomic mass is 16.5. The Balaban J connectivity index is 1.51. The first-order valence-electron chi connectivity index (χ1n) is 10.8. The van der Waals surface area contributed by atoms with Crippen molar-refractivity contribution in [3.05, 3.63) is 65.9 Å². The third kappa shape index (κ3) is 4.05. The fraction of sp³-hybridized carbons (Fsp3) is 0.192. The van der Waals surface area contributed by atoms with Crippen LogP contribution in [0, 0.1) is 11.3 Å². The molecule has 1 fully saturated rings. The van der Waals surface area contributed by atoms with Crippen molar-refractivity contribution in [1.82, 2.24) is 4.98 Å². The molecule has 0 saturated carbocycles. The van der Waals surface area contributed by atoms with E-state index in [0.29, 0.717) is 47.0 Å². The number of rotatable bonds is 5. The van der Waals surface area contributed by atoms with Gasteiger partial charge in [-0.1, -0.05) is 6.07 Å². The average Bonchev–Trinajstić information content (AvgIpc) is 3.29. The van der Waals surface area contributed by atoms with Gasteiger partial charge in [-0.25, -0.2) is 4.79 Å². The Labute approximate surface area is 194 Å². The van der Waals surface area contributed by atoms with E-state index in [9.17, 15) is 15.2 Å². The smallest absolute Gasteiger partial charge is 0.335 e. The maximum Gasteiger partial charge on any atom is 0.335 e. The first-order valence-corrected chi connectivity index (χ1v) is 10.8. The molecule has 170 valence electrons. The van der Waals surface area contributed by atoms with E-state index in [1.807, 2.05) is 6.07 Å². The lowest BCUT2D eigenvalue weighted by atomic mass is 10.0. The molecule has 2 aromatic heterocycles. The molecule has 2 aromatic carbocycles. The summed E-state index contributed by atoms with van der Waals surface area (Å²) in [7, 11) is 0. The van der Waals surface area contributed by atoms with Crippen molar-refractivity contribution in [3.63, 3.8) is 0 Å². The number of nitrogens with zero attached hydrogens (tertiary/aromatic N) is 2. The fourth-order valence-corrected chi connectivity index (χ4v) is 4.03. The molecule has 0 radical (unpaired) electrons. The minimum atomic E-state index is -1.13. The molecule has 4 aromatic rings. The molecule has 0 amide bonds. The van der Waals surface area contributed by atoms with Gasteiger partial charge < -0.3 is 24.1 Å². The molecule has 3 heterocycles. The van der Waals surface area contributed by atoms with Gasteiger partial charge in [0.2, 0.25) is 0 Å². The number of carbonyl (C=O) groups is 1. The Bertz CT molecular complexity index is 1430. The summed E-state index contributed by atoms with van der Waals surface area (Å²) in [5.74, 6) is -0.453. The van der Waals surface area contributed by atoms with Crippen LogP contribution in [0.4, 0.5) is 0 Å². The lowest BCUT2D eigenvalue weighted by Gasteiger charge is -2.23. The minimum absolute atomic E-state index is 0.0205. The molecule has 5 rings (SSSR count). The van der Waals surface area contributed by atoms with Crippen molar-refractivity contribution >= 4 is 17.1 Å². The van der Waals surface area contributed by atoms with Gasteiger partial charge in [0.1, 0.15) is 34.9 Å². The van der Waals surface area contributed by atoms with Crippen LogP contribution in [0.5, 0.6) is 11.5 Å². The second-order valence-electron chi connectivity index (χ2n) is 7.97. The Hall–Kier alpha value is -4.35. The SMILES string of the molecule is N#Cc1cc(-c2ccnc3cc(-c4ccc(C(=O)O)cc4O)oc23)ccc1OC1CCOCC1. The Morgan fingerprint density at radius 3 is 2.65 bits per heavy atom. The second kappa shape index (κ2) is 8.89. The molecule has 1 aliphatic rings. The summed E-state index contributed by atoms with van der Waals surface area (Å²) in [6, 6.07) is 15.2. The van der Waals surface area contributed by atoms with Gasteiger partial charge in [-0.15, -0.1) is 0 Å². The highest BCUT2D eigenvalue weighted by Crippen LogP contribution is 2.38. The van der Waals surface area contributed by atoms with E-state index in [0.717, 1.165) is 24.0 Å². The van der Waals surface area contributed by atoms with Crippen LogP contribution in [-0.4, -0.2) is 40.5 Å². The molecule has 8 heteroatoms. The van der Waals surface area contributed by atoms with Crippen LogP contribution in [0.3, 0.4) is 0 Å². The number of ether oxygens (including phenoxy) is 2. The molecule has 0 atom stereocenters.